The van der Waals surface area contributed by atoms with Crippen molar-refractivity contribution in [2.75, 3.05) is 25.9 Å². The summed E-state index contributed by atoms with van der Waals surface area (Å²) in [6, 6.07) is 6.98. The third kappa shape index (κ3) is 6.44. The van der Waals surface area contributed by atoms with Crippen LogP contribution in [0.1, 0.15) is 43.0 Å². The fourth-order valence-electron chi connectivity index (χ4n) is 3.10. The Morgan fingerprint density at radius 2 is 2.12 bits per heavy atom. The molecule has 2 unspecified atom stereocenters. The third-order valence-corrected chi connectivity index (χ3v) is 5.56. The van der Waals surface area contributed by atoms with Gasteiger partial charge in [-0.15, -0.1) is 0 Å². The van der Waals surface area contributed by atoms with Gasteiger partial charge in [0.25, 0.3) is 5.91 Å². The standard InChI is InChI=1S/C19H30N4O2S/c1-3-20-19(23-14-7-6-8-15(13-14)26-2)22-12-11-21-18(25)16-9-4-5-10-17(16)24/h4-5,9-10,14-15,24H,3,6-8,11-13H2,1-2H3,(H,21,25)(H2,20,22,23). The van der Waals surface area contributed by atoms with Gasteiger partial charge >= 0.3 is 0 Å². The molecule has 0 saturated heterocycles. The van der Waals surface area contributed by atoms with E-state index in [1.54, 1.807) is 18.2 Å². The SMILES string of the molecule is CCNC(=NCCNC(=O)c1ccccc1O)NC1CCCC(SC)C1. The lowest BCUT2D eigenvalue weighted by molar-refractivity contribution is 0.0952. The Bertz CT molecular complexity index is 609. The van der Waals surface area contributed by atoms with Crippen LogP contribution in [0.3, 0.4) is 0 Å². The molecule has 1 fully saturated rings. The van der Waals surface area contributed by atoms with Crippen molar-refractivity contribution in [3.8, 4) is 5.75 Å². The van der Waals surface area contributed by atoms with Gasteiger partial charge in [-0.1, -0.05) is 18.6 Å². The molecule has 7 heteroatoms. The van der Waals surface area contributed by atoms with Crippen molar-refractivity contribution in [2.45, 2.75) is 43.9 Å². The first-order chi connectivity index (χ1) is 12.6. The lowest BCUT2D eigenvalue weighted by Gasteiger charge is -2.29. The number of rotatable bonds is 7. The normalized spacial score (nSPS) is 20.5. The number of hydrogen-bond donors (Lipinski definition) is 4. The largest absolute Gasteiger partial charge is 0.507 e. The molecule has 2 rings (SSSR count). The maximum atomic E-state index is 12.1. The van der Waals surface area contributed by atoms with Gasteiger partial charge < -0.3 is 21.1 Å². The van der Waals surface area contributed by atoms with Crippen LogP contribution in [0.15, 0.2) is 29.3 Å². The predicted molar refractivity (Wildman–Crippen MR) is 109 cm³/mol. The highest BCUT2D eigenvalue weighted by molar-refractivity contribution is 7.99. The summed E-state index contributed by atoms with van der Waals surface area (Å²) in [5, 5.41) is 20.0. The molecule has 4 N–H and O–H groups in total. The summed E-state index contributed by atoms with van der Waals surface area (Å²) in [6.45, 7) is 3.74. The number of nitrogens with one attached hydrogen (secondary N) is 3. The van der Waals surface area contributed by atoms with E-state index in [1.165, 1.54) is 25.3 Å². The van der Waals surface area contributed by atoms with Gasteiger partial charge in [0.2, 0.25) is 0 Å². The number of aliphatic imine (C=N–C) groups is 1. The van der Waals surface area contributed by atoms with E-state index in [0.717, 1.165) is 24.2 Å². The Labute approximate surface area is 160 Å². The molecule has 0 bridgehead atoms. The molecule has 1 aliphatic rings. The lowest BCUT2D eigenvalue weighted by Crippen LogP contribution is -2.46. The molecule has 2 atom stereocenters. The minimum absolute atomic E-state index is 0.0100. The van der Waals surface area contributed by atoms with E-state index in [9.17, 15) is 9.90 Å². The van der Waals surface area contributed by atoms with E-state index < -0.39 is 0 Å². The second kappa shape index (κ2) is 11.0. The molecule has 144 valence electrons. The molecule has 26 heavy (non-hydrogen) atoms. The first-order valence-electron chi connectivity index (χ1n) is 9.27. The van der Waals surface area contributed by atoms with Crippen molar-refractivity contribution in [3.63, 3.8) is 0 Å². The zero-order chi connectivity index (χ0) is 18.8. The van der Waals surface area contributed by atoms with Crippen LogP contribution in [0.25, 0.3) is 0 Å². The summed E-state index contributed by atoms with van der Waals surface area (Å²) in [5.74, 6) is 0.506. The zero-order valence-corrected chi connectivity index (χ0v) is 16.4. The van der Waals surface area contributed by atoms with Crippen LogP contribution in [0, 0.1) is 0 Å². The van der Waals surface area contributed by atoms with E-state index >= 15 is 0 Å². The van der Waals surface area contributed by atoms with E-state index in [0.29, 0.717) is 19.1 Å². The highest BCUT2D eigenvalue weighted by atomic mass is 32.2. The number of carbonyl (C=O) groups excluding carboxylic acids is 1. The molecule has 1 aromatic rings. The van der Waals surface area contributed by atoms with E-state index in [2.05, 4.69) is 27.2 Å². The van der Waals surface area contributed by atoms with Crippen molar-refractivity contribution in [1.82, 2.24) is 16.0 Å². The van der Waals surface area contributed by atoms with Crippen LogP contribution >= 0.6 is 11.8 Å². The Morgan fingerprint density at radius 3 is 2.85 bits per heavy atom. The van der Waals surface area contributed by atoms with Crippen LogP contribution in [0.4, 0.5) is 0 Å². The number of benzene rings is 1. The van der Waals surface area contributed by atoms with E-state index in [1.807, 2.05) is 18.7 Å². The molecule has 1 aliphatic carbocycles. The fraction of sp³-hybridized carbons (Fsp3) is 0.579. The summed E-state index contributed by atoms with van der Waals surface area (Å²) < 4.78 is 0. The fourth-order valence-corrected chi connectivity index (χ4v) is 3.93. The van der Waals surface area contributed by atoms with E-state index in [-0.39, 0.29) is 17.2 Å². The summed E-state index contributed by atoms with van der Waals surface area (Å²) in [7, 11) is 0. The Kier molecular flexibility index (Phi) is 8.61. The number of amides is 1. The average molecular weight is 379 g/mol. The van der Waals surface area contributed by atoms with Crippen LogP contribution in [-0.2, 0) is 0 Å². The molecule has 6 nitrogen and oxygen atoms in total. The number of carbonyl (C=O) groups is 1. The van der Waals surface area contributed by atoms with Crippen LogP contribution in [0.5, 0.6) is 5.75 Å². The van der Waals surface area contributed by atoms with Gasteiger partial charge in [-0.3, -0.25) is 9.79 Å². The molecular formula is C19H30N4O2S. The first kappa shape index (κ1) is 20.4. The van der Waals surface area contributed by atoms with Gasteiger partial charge in [0, 0.05) is 24.4 Å². The minimum atomic E-state index is -0.286. The van der Waals surface area contributed by atoms with Gasteiger partial charge in [0.15, 0.2) is 5.96 Å². The summed E-state index contributed by atoms with van der Waals surface area (Å²) >= 11 is 1.95. The van der Waals surface area contributed by atoms with E-state index in [4.69, 9.17) is 0 Å². The number of nitrogens with zero attached hydrogens (tertiary/aromatic N) is 1. The number of phenolic OH excluding ortho intramolecular Hbond substituents is 1. The first-order valence-corrected chi connectivity index (χ1v) is 10.6. The predicted octanol–water partition coefficient (Wildman–Crippen LogP) is 2.35. The van der Waals surface area contributed by atoms with Gasteiger partial charge in [0.1, 0.15) is 5.75 Å². The maximum Gasteiger partial charge on any atom is 0.255 e. The second-order valence-corrected chi connectivity index (χ2v) is 7.54. The Hall–Kier alpha value is -1.89. The minimum Gasteiger partial charge on any atom is -0.507 e. The molecule has 1 aromatic carbocycles. The Morgan fingerprint density at radius 1 is 1.31 bits per heavy atom. The van der Waals surface area contributed by atoms with Crippen molar-refractivity contribution in [3.05, 3.63) is 29.8 Å². The lowest BCUT2D eigenvalue weighted by atomic mass is 9.95. The Balaban J connectivity index is 1.81. The number of aromatic hydroxyl groups is 1. The third-order valence-electron chi connectivity index (χ3n) is 4.46. The molecule has 1 saturated carbocycles. The van der Waals surface area contributed by atoms with Gasteiger partial charge in [-0.2, -0.15) is 11.8 Å². The number of hydrogen-bond acceptors (Lipinski definition) is 4. The second-order valence-electron chi connectivity index (χ2n) is 6.40. The summed E-state index contributed by atoms with van der Waals surface area (Å²) in [5.41, 5.74) is 0.284. The monoisotopic (exact) mass is 378 g/mol. The molecule has 0 heterocycles. The van der Waals surface area contributed by atoms with Crippen LogP contribution in [-0.4, -0.2) is 54.2 Å². The van der Waals surface area contributed by atoms with Crippen molar-refractivity contribution in [1.29, 1.82) is 0 Å². The summed E-state index contributed by atoms with van der Waals surface area (Å²) in [6.07, 6.45) is 7.06. The number of guanidine groups is 1. The summed E-state index contributed by atoms with van der Waals surface area (Å²) in [4.78, 5) is 16.6. The number of thioether (sulfide) groups is 1. The molecule has 0 aliphatic heterocycles. The van der Waals surface area contributed by atoms with Crippen molar-refractivity contribution < 1.29 is 9.90 Å². The molecule has 1 amide bonds. The maximum absolute atomic E-state index is 12.1. The van der Waals surface area contributed by atoms with Crippen molar-refractivity contribution in [2.24, 2.45) is 4.99 Å². The topological polar surface area (TPSA) is 85.8 Å². The highest BCUT2D eigenvalue weighted by Crippen LogP contribution is 2.26. The average Bonchev–Trinajstić information content (AvgIpc) is 2.65. The molecule has 0 radical (unpaired) electrons. The smallest absolute Gasteiger partial charge is 0.255 e. The molecule has 0 spiro atoms. The van der Waals surface area contributed by atoms with Gasteiger partial charge in [0.05, 0.1) is 12.1 Å². The van der Waals surface area contributed by atoms with Crippen LogP contribution in [0.2, 0.25) is 0 Å². The van der Waals surface area contributed by atoms with Crippen LogP contribution < -0.4 is 16.0 Å². The van der Waals surface area contributed by atoms with Gasteiger partial charge in [-0.25, -0.2) is 0 Å². The number of para-hydroxylation sites is 1. The quantitative estimate of drug-likeness (QED) is 0.332. The molecule has 0 aromatic heterocycles. The molecular weight excluding hydrogens is 348 g/mol. The number of phenols is 1. The highest BCUT2D eigenvalue weighted by Gasteiger charge is 2.21. The van der Waals surface area contributed by atoms with Gasteiger partial charge in [-0.05, 0) is 44.6 Å². The van der Waals surface area contributed by atoms with Crippen molar-refractivity contribution >= 4 is 23.6 Å². The zero-order valence-electron chi connectivity index (χ0n) is 15.6.